The van der Waals surface area contributed by atoms with Gasteiger partial charge in [0.2, 0.25) is 5.91 Å². The molecule has 0 fully saturated rings. The molecule has 3 aromatic rings. The van der Waals surface area contributed by atoms with Gasteiger partial charge < -0.3 is 10.5 Å². The zero-order valence-corrected chi connectivity index (χ0v) is 19.5. The summed E-state index contributed by atoms with van der Waals surface area (Å²) < 4.78 is 94.7. The summed E-state index contributed by atoms with van der Waals surface area (Å²) in [4.78, 5) is 12.3. The fourth-order valence-corrected chi connectivity index (χ4v) is 3.76. The van der Waals surface area contributed by atoms with Crippen LogP contribution in [0.5, 0.6) is 5.75 Å². The molecule has 0 aliphatic carbocycles. The topological polar surface area (TPSA) is 64.3 Å². The number of carbonyl (C=O) groups excluding carboxylic acids is 1. The van der Waals surface area contributed by atoms with E-state index in [0.717, 1.165) is 29.8 Å². The van der Waals surface area contributed by atoms with Gasteiger partial charge in [-0.1, -0.05) is 48.0 Å². The monoisotopic (exact) mass is 528 g/mol. The summed E-state index contributed by atoms with van der Waals surface area (Å²) in [6.07, 6.45) is -9.34. The highest BCUT2D eigenvalue weighted by molar-refractivity contribution is 5.81. The third kappa shape index (κ3) is 7.94. The Labute approximate surface area is 208 Å². The molecule has 0 spiro atoms. The first-order chi connectivity index (χ1) is 17.2. The number of carbonyl (C=O) groups is 1. The van der Waals surface area contributed by atoms with Crippen LogP contribution in [-0.4, -0.2) is 12.3 Å². The van der Waals surface area contributed by atoms with E-state index < -0.39 is 47.7 Å². The van der Waals surface area contributed by atoms with E-state index in [4.69, 9.17) is 5.73 Å². The van der Waals surface area contributed by atoms with Crippen LogP contribution in [0.25, 0.3) is 0 Å². The van der Waals surface area contributed by atoms with Crippen LogP contribution in [0, 0.1) is 12.7 Å². The van der Waals surface area contributed by atoms with E-state index in [2.05, 4.69) is 10.1 Å². The van der Waals surface area contributed by atoms with Crippen LogP contribution < -0.4 is 15.8 Å². The second kappa shape index (κ2) is 11.2. The van der Waals surface area contributed by atoms with Crippen LogP contribution in [0.1, 0.15) is 46.3 Å². The molecule has 2 atom stereocenters. The van der Waals surface area contributed by atoms with Gasteiger partial charge in [-0.2, -0.15) is 13.2 Å². The highest BCUT2D eigenvalue weighted by atomic mass is 19.4. The molecule has 0 aliphatic rings. The number of benzene rings is 3. The predicted molar refractivity (Wildman–Crippen MR) is 122 cm³/mol. The molecular weight excluding hydrogens is 505 g/mol. The quantitative estimate of drug-likeness (QED) is 0.310. The van der Waals surface area contributed by atoms with Gasteiger partial charge in [0.15, 0.2) is 11.6 Å². The number of halogens is 7. The van der Waals surface area contributed by atoms with Crippen molar-refractivity contribution in [2.24, 2.45) is 5.73 Å². The number of primary amides is 1. The summed E-state index contributed by atoms with van der Waals surface area (Å²) in [6.45, 7) is 1.84. The van der Waals surface area contributed by atoms with Crippen molar-refractivity contribution in [3.05, 3.63) is 100 Å². The lowest BCUT2D eigenvalue weighted by molar-refractivity contribution is -0.275. The Morgan fingerprint density at radius 1 is 0.919 bits per heavy atom. The van der Waals surface area contributed by atoms with Gasteiger partial charge in [-0.3, -0.25) is 10.1 Å². The number of nitrogens with two attached hydrogens (primary N) is 1. The van der Waals surface area contributed by atoms with Gasteiger partial charge in [-0.05, 0) is 60.7 Å². The van der Waals surface area contributed by atoms with E-state index in [1.54, 1.807) is 24.3 Å². The molecule has 0 bridgehead atoms. The normalized spacial score (nSPS) is 13.7. The van der Waals surface area contributed by atoms with E-state index in [1.165, 1.54) is 18.2 Å². The Morgan fingerprint density at radius 2 is 1.51 bits per heavy atom. The number of amides is 1. The van der Waals surface area contributed by atoms with E-state index in [-0.39, 0.29) is 18.4 Å². The maximum Gasteiger partial charge on any atom is 0.573 e. The lowest BCUT2D eigenvalue weighted by Crippen LogP contribution is -2.36. The zero-order chi connectivity index (χ0) is 27.4. The number of hydrogen-bond donors (Lipinski definition) is 2. The molecule has 11 heteroatoms. The van der Waals surface area contributed by atoms with Crippen molar-refractivity contribution in [2.45, 2.75) is 44.4 Å². The minimum Gasteiger partial charge on any atom is -0.403 e. The van der Waals surface area contributed by atoms with E-state index >= 15 is 0 Å². The van der Waals surface area contributed by atoms with Crippen LogP contribution in [0.3, 0.4) is 0 Å². The van der Waals surface area contributed by atoms with Crippen molar-refractivity contribution >= 4 is 5.91 Å². The van der Waals surface area contributed by atoms with Crippen LogP contribution in [0.4, 0.5) is 30.7 Å². The molecule has 2 unspecified atom stereocenters. The summed E-state index contributed by atoms with van der Waals surface area (Å²) >= 11 is 0. The summed E-state index contributed by atoms with van der Waals surface area (Å²) in [6, 6.07) is 12.2. The van der Waals surface area contributed by atoms with Gasteiger partial charge in [0, 0.05) is 6.04 Å². The molecule has 4 nitrogen and oxygen atoms in total. The Balaban J connectivity index is 1.93. The van der Waals surface area contributed by atoms with Crippen molar-refractivity contribution in [2.75, 3.05) is 0 Å². The van der Waals surface area contributed by atoms with Gasteiger partial charge in [-0.15, -0.1) is 13.2 Å². The Kier molecular flexibility index (Phi) is 8.47. The summed E-state index contributed by atoms with van der Waals surface area (Å²) in [7, 11) is 0. The fourth-order valence-electron chi connectivity index (χ4n) is 3.76. The maximum atomic E-state index is 14.0. The van der Waals surface area contributed by atoms with E-state index in [1.807, 2.05) is 6.92 Å². The van der Waals surface area contributed by atoms with Crippen LogP contribution in [0.2, 0.25) is 0 Å². The highest BCUT2D eigenvalue weighted by Crippen LogP contribution is 2.32. The van der Waals surface area contributed by atoms with E-state index in [0.29, 0.717) is 11.1 Å². The molecular formula is C26H23F7N2O2. The average Bonchev–Trinajstić information content (AvgIpc) is 2.80. The van der Waals surface area contributed by atoms with Crippen LogP contribution >= 0.6 is 0 Å². The first-order valence-corrected chi connectivity index (χ1v) is 11.1. The molecule has 0 aliphatic heterocycles. The number of nitrogens with one attached hydrogen (secondary N) is 1. The molecule has 0 aromatic heterocycles. The number of alkyl halides is 6. The van der Waals surface area contributed by atoms with Gasteiger partial charge in [0.1, 0.15) is 6.04 Å². The van der Waals surface area contributed by atoms with Gasteiger partial charge >= 0.3 is 12.5 Å². The van der Waals surface area contributed by atoms with Crippen LogP contribution in [0.15, 0.2) is 66.7 Å². The molecule has 37 heavy (non-hydrogen) atoms. The van der Waals surface area contributed by atoms with Crippen molar-refractivity contribution in [1.29, 1.82) is 0 Å². The zero-order valence-electron chi connectivity index (χ0n) is 19.5. The highest BCUT2D eigenvalue weighted by Gasteiger charge is 2.33. The Morgan fingerprint density at radius 3 is 2.05 bits per heavy atom. The third-order valence-electron chi connectivity index (χ3n) is 5.65. The molecule has 3 aromatic carbocycles. The van der Waals surface area contributed by atoms with Crippen molar-refractivity contribution < 1.29 is 40.3 Å². The summed E-state index contributed by atoms with van der Waals surface area (Å²) in [5, 5.41) is 3.01. The standard InChI is InChI=1S/C26H23F7N2O2/c1-15-2-7-17(8-3-15)23(24(34)36)35-21(13-6-16-4-10-19(11-5-16)25(28,29)30)18-9-12-20(27)22(14-18)37-26(31,32)33/h2-5,7-12,14,21,23,35H,6,13H2,1H3,(H2,34,36). The molecule has 0 saturated carbocycles. The van der Waals surface area contributed by atoms with Crippen molar-refractivity contribution in [1.82, 2.24) is 5.32 Å². The largest absolute Gasteiger partial charge is 0.573 e. The number of ether oxygens (including phenoxy) is 1. The summed E-state index contributed by atoms with van der Waals surface area (Å²) in [5.74, 6) is -3.07. The predicted octanol–water partition coefficient (Wildman–Crippen LogP) is 6.54. The lowest BCUT2D eigenvalue weighted by atomic mass is 9.95. The Hall–Kier alpha value is -3.60. The second-order valence-corrected chi connectivity index (χ2v) is 8.44. The Bertz CT molecular complexity index is 1210. The molecule has 0 radical (unpaired) electrons. The van der Waals surface area contributed by atoms with Gasteiger partial charge in [-0.25, -0.2) is 4.39 Å². The molecule has 3 rings (SSSR count). The molecule has 198 valence electrons. The number of aryl methyl sites for hydroxylation is 2. The number of rotatable bonds is 9. The molecule has 0 saturated heterocycles. The summed E-state index contributed by atoms with van der Waals surface area (Å²) in [5.41, 5.74) is 6.85. The smallest absolute Gasteiger partial charge is 0.403 e. The molecule has 3 N–H and O–H groups in total. The lowest BCUT2D eigenvalue weighted by Gasteiger charge is -2.26. The first-order valence-electron chi connectivity index (χ1n) is 11.1. The minimum absolute atomic E-state index is 0.123. The van der Waals surface area contributed by atoms with Gasteiger partial charge in [0.25, 0.3) is 0 Å². The minimum atomic E-state index is -5.14. The second-order valence-electron chi connectivity index (χ2n) is 8.44. The van der Waals surface area contributed by atoms with Gasteiger partial charge in [0.05, 0.1) is 5.56 Å². The van der Waals surface area contributed by atoms with E-state index in [9.17, 15) is 35.5 Å². The molecule has 1 amide bonds. The average molecular weight is 528 g/mol. The number of hydrogen-bond acceptors (Lipinski definition) is 3. The maximum absolute atomic E-state index is 14.0. The third-order valence-corrected chi connectivity index (χ3v) is 5.65. The van der Waals surface area contributed by atoms with Crippen molar-refractivity contribution in [3.8, 4) is 5.75 Å². The fraction of sp³-hybridized carbons (Fsp3) is 0.269. The van der Waals surface area contributed by atoms with Crippen LogP contribution in [-0.2, 0) is 17.4 Å². The molecule has 0 heterocycles. The SMILES string of the molecule is Cc1ccc(C(NC(CCc2ccc(C(F)(F)F)cc2)c2ccc(F)c(OC(F)(F)F)c2)C(N)=O)cc1. The van der Waals surface area contributed by atoms with Crippen molar-refractivity contribution in [3.63, 3.8) is 0 Å². The first kappa shape index (κ1) is 28.0.